The zero-order valence-corrected chi connectivity index (χ0v) is 20.2. The summed E-state index contributed by atoms with van der Waals surface area (Å²) < 4.78 is 11.4. The predicted molar refractivity (Wildman–Crippen MR) is 135 cm³/mol. The molecule has 1 fully saturated rings. The van der Waals surface area contributed by atoms with E-state index in [0.717, 1.165) is 55.2 Å². The van der Waals surface area contributed by atoms with Crippen molar-refractivity contribution in [3.05, 3.63) is 64.7 Å². The third-order valence-corrected chi connectivity index (χ3v) is 6.58. The molecule has 0 aliphatic carbocycles. The molecule has 0 radical (unpaired) electrons. The Bertz CT molecular complexity index is 1120. The highest BCUT2D eigenvalue weighted by Gasteiger charge is 2.20. The van der Waals surface area contributed by atoms with E-state index in [0.29, 0.717) is 30.5 Å². The molecule has 3 aliphatic rings. The van der Waals surface area contributed by atoms with Crippen molar-refractivity contribution in [2.75, 3.05) is 39.2 Å². The predicted octanol–water partition coefficient (Wildman–Crippen LogP) is 2.72. The molecule has 5 rings (SSSR count). The number of fused-ring (bicyclic) bond motifs is 1. The molecule has 0 atom stereocenters. The molecule has 2 aromatic rings. The largest absolute Gasteiger partial charge is 0.493 e. The topological polar surface area (TPSA) is 90.5 Å². The molecule has 3 aliphatic heterocycles. The minimum absolute atomic E-state index is 0.114. The first-order chi connectivity index (χ1) is 17.0. The first-order valence-corrected chi connectivity index (χ1v) is 12.0. The molecule has 2 aromatic carbocycles. The quantitative estimate of drug-likeness (QED) is 0.591. The summed E-state index contributed by atoms with van der Waals surface area (Å²) >= 11 is 0. The first kappa shape index (κ1) is 23.3. The van der Waals surface area contributed by atoms with Gasteiger partial charge in [-0.05, 0) is 61.9 Å². The van der Waals surface area contributed by atoms with E-state index in [9.17, 15) is 4.79 Å². The Kier molecular flexibility index (Phi) is 6.98. The lowest BCUT2D eigenvalue weighted by molar-refractivity contribution is -0.113. The summed E-state index contributed by atoms with van der Waals surface area (Å²) in [6.07, 6.45) is 4.59. The number of carbonyl (C=O) groups is 1. The lowest BCUT2D eigenvalue weighted by Gasteiger charge is -2.31. The summed E-state index contributed by atoms with van der Waals surface area (Å²) in [6.45, 7) is 3.01. The number of anilines is 1. The standard InChI is InChI=1S/C26H32N6O3/c1-31(23-10-12-34-13-11-23)17-18-3-6-22(7-4-18)27-26(33)20-9-14-35-24-8-5-19(15-21(24)16-20)25-28-30-32(2)29-25/h3-8,15-16,23,30H,9-14,17H2,1-2H3,(H,27,33)(H,28,29). The Morgan fingerprint density at radius 2 is 1.97 bits per heavy atom. The number of nitrogens with one attached hydrogen (secondary N) is 3. The van der Waals surface area contributed by atoms with Crippen LogP contribution in [0.15, 0.2) is 53.1 Å². The molecular formula is C26H32N6O3. The number of amidine groups is 1. The van der Waals surface area contributed by atoms with E-state index in [2.05, 4.69) is 45.5 Å². The van der Waals surface area contributed by atoms with Crippen molar-refractivity contribution < 1.29 is 14.3 Å². The van der Waals surface area contributed by atoms with Gasteiger partial charge in [-0.1, -0.05) is 12.1 Å². The highest BCUT2D eigenvalue weighted by molar-refractivity contribution is 6.07. The van der Waals surface area contributed by atoms with Gasteiger partial charge < -0.3 is 14.8 Å². The fourth-order valence-electron chi connectivity index (χ4n) is 4.56. The van der Waals surface area contributed by atoms with Crippen molar-refractivity contribution in [2.24, 2.45) is 5.10 Å². The zero-order valence-electron chi connectivity index (χ0n) is 20.2. The van der Waals surface area contributed by atoms with Crippen molar-refractivity contribution in [3.63, 3.8) is 0 Å². The maximum atomic E-state index is 13.1. The Hall–Kier alpha value is -3.40. The highest BCUT2D eigenvalue weighted by atomic mass is 16.5. The maximum Gasteiger partial charge on any atom is 0.251 e. The number of amides is 1. The molecule has 0 bridgehead atoms. The SMILES string of the molecule is CN1NN=C(c2ccc3c(c2)C=C(C(=O)Nc2ccc(CN(C)C4CCOCC4)cc2)CCO3)N1. The van der Waals surface area contributed by atoms with Crippen LogP contribution in [-0.4, -0.2) is 61.7 Å². The summed E-state index contributed by atoms with van der Waals surface area (Å²) in [5, 5.41) is 8.96. The lowest BCUT2D eigenvalue weighted by atomic mass is 10.0. The normalized spacial score (nSPS) is 18.5. The van der Waals surface area contributed by atoms with Gasteiger partial charge in [0.25, 0.3) is 5.91 Å². The van der Waals surface area contributed by atoms with Crippen molar-refractivity contribution >= 4 is 23.5 Å². The highest BCUT2D eigenvalue weighted by Crippen LogP contribution is 2.28. The molecule has 184 valence electrons. The number of rotatable bonds is 6. The van der Waals surface area contributed by atoms with Crippen LogP contribution in [0.1, 0.15) is 36.0 Å². The second kappa shape index (κ2) is 10.5. The van der Waals surface area contributed by atoms with Crippen molar-refractivity contribution in [1.82, 2.24) is 21.0 Å². The van der Waals surface area contributed by atoms with Crippen LogP contribution in [0.5, 0.6) is 5.75 Å². The molecule has 3 N–H and O–H groups in total. The van der Waals surface area contributed by atoms with Crippen LogP contribution in [0.4, 0.5) is 5.69 Å². The van der Waals surface area contributed by atoms with Crippen LogP contribution in [0.3, 0.4) is 0 Å². The van der Waals surface area contributed by atoms with E-state index >= 15 is 0 Å². The van der Waals surface area contributed by atoms with Crippen LogP contribution in [0.25, 0.3) is 6.08 Å². The fraction of sp³-hybridized carbons (Fsp3) is 0.385. The first-order valence-electron chi connectivity index (χ1n) is 12.0. The van der Waals surface area contributed by atoms with Gasteiger partial charge in [0.05, 0.1) is 6.61 Å². The Morgan fingerprint density at radius 1 is 1.17 bits per heavy atom. The second-order valence-corrected chi connectivity index (χ2v) is 9.16. The summed E-state index contributed by atoms with van der Waals surface area (Å²) in [5.41, 5.74) is 10.4. The molecule has 35 heavy (non-hydrogen) atoms. The lowest BCUT2D eigenvalue weighted by Crippen LogP contribution is -2.37. The number of carbonyl (C=O) groups excluding carboxylic acids is 1. The number of hydrogen-bond acceptors (Lipinski definition) is 8. The van der Waals surface area contributed by atoms with Gasteiger partial charge in [0.15, 0.2) is 5.84 Å². The average Bonchev–Trinajstić information content (AvgIpc) is 3.20. The molecule has 0 saturated carbocycles. The number of hydrazine groups is 2. The van der Waals surface area contributed by atoms with Crippen LogP contribution < -0.4 is 21.0 Å². The Morgan fingerprint density at radius 3 is 2.71 bits per heavy atom. The number of nitrogens with zero attached hydrogens (tertiary/aromatic N) is 3. The number of benzene rings is 2. The minimum atomic E-state index is -0.114. The second-order valence-electron chi connectivity index (χ2n) is 9.16. The van der Waals surface area contributed by atoms with Gasteiger partial charge >= 0.3 is 0 Å². The van der Waals surface area contributed by atoms with Crippen LogP contribution in [-0.2, 0) is 16.1 Å². The van der Waals surface area contributed by atoms with Crippen molar-refractivity contribution in [2.45, 2.75) is 31.8 Å². The molecule has 0 spiro atoms. The van der Waals surface area contributed by atoms with Crippen molar-refractivity contribution in [1.29, 1.82) is 0 Å². The molecule has 0 unspecified atom stereocenters. The Labute approximate surface area is 205 Å². The summed E-state index contributed by atoms with van der Waals surface area (Å²) in [5.74, 6) is 1.35. The molecule has 1 saturated heterocycles. The number of hydrazone groups is 1. The Balaban J connectivity index is 1.24. The van der Waals surface area contributed by atoms with Gasteiger partial charge in [0, 0.05) is 61.7 Å². The van der Waals surface area contributed by atoms with Crippen LogP contribution in [0, 0.1) is 0 Å². The van der Waals surface area contributed by atoms with Gasteiger partial charge in [-0.2, -0.15) is 0 Å². The smallest absolute Gasteiger partial charge is 0.251 e. The van der Waals surface area contributed by atoms with Crippen LogP contribution >= 0.6 is 0 Å². The molecule has 9 heteroatoms. The monoisotopic (exact) mass is 476 g/mol. The zero-order chi connectivity index (χ0) is 24.2. The third-order valence-electron chi connectivity index (χ3n) is 6.58. The maximum absolute atomic E-state index is 13.1. The average molecular weight is 477 g/mol. The van der Waals surface area contributed by atoms with E-state index in [-0.39, 0.29) is 5.91 Å². The number of ether oxygens (including phenoxy) is 2. The van der Waals surface area contributed by atoms with Crippen molar-refractivity contribution in [3.8, 4) is 5.75 Å². The summed E-state index contributed by atoms with van der Waals surface area (Å²) in [6, 6.07) is 14.5. The summed E-state index contributed by atoms with van der Waals surface area (Å²) in [7, 11) is 4.00. The molecule has 1 amide bonds. The van der Waals surface area contributed by atoms with Gasteiger partial charge in [0.2, 0.25) is 0 Å². The van der Waals surface area contributed by atoms with Gasteiger partial charge in [-0.3, -0.25) is 15.1 Å². The van der Waals surface area contributed by atoms with E-state index in [1.54, 1.807) is 5.12 Å². The number of hydrogen-bond donors (Lipinski definition) is 3. The third kappa shape index (κ3) is 5.64. The summed E-state index contributed by atoms with van der Waals surface area (Å²) in [4.78, 5) is 15.5. The molecular weight excluding hydrogens is 444 g/mol. The minimum Gasteiger partial charge on any atom is -0.493 e. The van der Waals surface area contributed by atoms with Gasteiger partial charge in [0.1, 0.15) is 5.75 Å². The van der Waals surface area contributed by atoms with E-state index in [4.69, 9.17) is 9.47 Å². The van der Waals surface area contributed by atoms with Gasteiger partial charge in [-0.15, -0.1) is 10.2 Å². The molecule has 0 aromatic heterocycles. The van der Waals surface area contributed by atoms with Crippen LogP contribution in [0.2, 0.25) is 0 Å². The van der Waals surface area contributed by atoms with E-state index in [1.807, 2.05) is 43.5 Å². The molecule has 3 heterocycles. The van der Waals surface area contributed by atoms with E-state index < -0.39 is 0 Å². The molecule has 9 nitrogen and oxygen atoms in total. The van der Waals surface area contributed by atoms with Gasteiger partial charge in [-0.25, -0.2) is 5.53 Å². The fourth-order valence-corrected chi connectivity index (χ4v) is 4.56. The van der Waals surface area contributed by atoms with E-state index in [1.165, 1.54) is 5.56 Å².